The Morgan fingerprint density at radius 2 is 1.44 bits per heavy atom. The molecule has 0 heterocycles. The fourth-order valence-electron chi connectivity index (χ4n) is 2.17. The summed E-state index contributed by atoms with van der Waals surface area (Å²) in [6.07, 6.45) is -0.697. The second kappa shape index (κ2) is 9.55. The minimum Gasteiger partial charge on any atom is -0.469 e. The van der Waals surface area contributed by atoms with E-state index in [0.29, 0.717) is 0 Å². The highest BCUT2D eigenvalue weighted by Gasteiger charge is 2.39. The third kappa shape index (κ3) is 5.43. The van der Waals surface area contributed by atoms with Crippen LogP contribution in [0.5, 0.6) is 0 Å². The second-order valence-corrected chi connectivity index (χ2v) is 5.13. The summed E-state index contributed by atoms with van der Waals surface area (Å²) in [5.41, 5.74) is -1.19. The van der Waals surface area contributed by atoms with E-state index in [-0.39, 0.29) is 12.1 Å². The molecule has 0 saturated carbocycles. The monoisotopic (exact) mass is 391 g/mol. The van der Waals surface area contributed by atoms with Crippen LogP contribution < -0.4 is 5.32 Å². The van der Waals surface area contributed by atoms with Crippen LogP contribution in [0, 0.1) is 23.4 Å². The van der Waals surface area contributed by atoms with Gasteiger partial charge in [-0.25, -0.2) is 18.0 Å². The zero-order valence-electron chi connectivity index (χ0n) is 14.5. The maximum absolute atomic E-state index is 13.8. The van der Waals surface area contributed by atoms with E-state index >= 15 is 0 Å². The first kappa shape index (κ1) is 21.9. The lowest BCUT2D eigenvalue weighted by Crippen LogP contribution is -2.50. The fourth-order valence-corrected chi connectivity index (χ4v) is 2.17. The summed E-state index contributed by atoms with van der Waals surface area (Å²) in [4.78, 5) is 47.6. The van der Waals surface area contributed by atoms with Crippen LogP contribution in [-0.2, 0) is 28.6 Å². The van der Waals surface area contributed by atoms with Crippen LogP contribution in [0.25, 0.3) is 0 Å². The number of hydrogen-bond acceptors (Lipinski definition) is 7. The summed E-state index contributed by atoms with van der Waals surface area (Å²) in [5.74, 6) is -10.6. The Hall–Kier alpha value is -3.11. The Morgan fingerprint density at radius 3 is 1.89 bits per heavy atom. The fraction of sp³-hybridized carbons (Fsp3) is 0.375. The van der Waals surface area contributed by atoms with Crippen LogP contribution in [0.4, 0.5) is 13.2 Å². The molecule has 0 aliphatic carbocycles. The van der Waals surface area contributed by atoms with E-state index < -0.39 is 65.2 Å². The van der Waals surface area contributed by atoms with E-state index in [1.165, 1.54) is 0 Å². The third-order valence-electron chi connectivity index (χ3n) is 3.50. The topological polar surface area (TPSA) is 108 Å². The molecule has 8 nitrogen and oxygen atoms in total. The number of carbonyl (C=O) groups excluding carboxylic acids is 4. The van der Waals surface area contributed by atoms with E-state index in [2.05, 4.69) is 14.2 Å². The molecule has 1 N–H and O–H groups in total. The number of methoxy groups -OCH3 is 3. The lowest BCUT2D eigenvalue weighted by Gasteiger charge is -2.23. The van der Waals surface area contributed by atoms with E-state index in [0.717, 1.165) is 21.3 Å². The number of nitrogens with one attached hydrogen (secondary N) is 1. The average Bonchev–Trinajstić information content (AvgIpc) is 2.61. The first-order chi connectivity index (χ1) is 12.7. The first-order valence-corrected chi connectivity index (χ1v) is 7.34. The van der Waals surface area contributed by atoms with E-state index in [1.807, 2.05) is 5.32 Å². The van der Waals surface area contributed by atoms with Crippen molar-refractivity contribution in [1.29, 1.82) is 0 Å². The predicted molar refractivity (Wildman–Crippen MR) is 81.7 cm³/mol. The zero-order valence-corrected chi connectivity index (χ0v) is 14.5. The van der Waals surface area contributed by atoms with Gasteiger partial charge >= 0.3 is 17.9 Å². The van der Waals surface area contributed by atoms with Crippen molar-refractivity contribution in [3.8, 4) is 0 Å². The van der Waals surface area contributed by atoms with Crippen LogP contribution >= 0.6 is 0 Å². The minimum absolute atomic E-state index is 0.261. The molecule has 0 aliphatic rings. The van der Waals surface area contributed by atoms with Gasteiger partial charge in [0.25, 0.3) is 5.91 Å². The molecule has 0 aliphatic heterocycles. The normalized spacial score (nSPS) is 12.5. The summed E-state index contributed by atoms with van der Waals surface area (Å²) in [5, 5.41) is 1.91. The maximum atomic E-state index is 13.8. The molecule has 0 spiro atoms. The number of amides is 1. The van der Waals surface area contributed by atoms with Gasteiger partial charge in [0.15, 0.2) is 0 Å². The van der Waals surface area contributed by atoms with Crippen LogP contribution in [0.15, 0.2) is 12.1 Å². The molecule has 148 valence electrons. The van der Waals surface area contributed by atoms with E-state index in [1.54, 1.807) is 0 Å². The van der Waals surface area contributed by atoms with Gasteiger partial charge in [0.2, 0.25) is 0 Å². The molecule has 0 aromatic heterocycles. The van der Waals surface area contributed by atoms with Crippen molar-refractivity contribution in [1.82, 2.24) is 5.32 Å². The number of rotatable bonds is 7. The van der Waals surface area contributed by atoms with Crippen LogP contribution in [0.2, 0.25) is 0 Å². The molecule has 2 atom stereocenters. The summed E-state index contributed by atoms with van der Waals surface area (Å²) in [6.45, 7) is 0. The van der Waals surface area contributed by atoms with Crippen molar-refractivity contribution in [2.45, 2.75) is 12.5 Å². The second-order valence-electron chi connectivity index (χ2n) is 5.13. The standard InChI is InChI=1S/C16H16F3NO7/c1-25-11(21)6-8(15(23)26-2)13(16(24)27-3)20-14(22)12-9(18)4-7(17)5-10(12)19/h4-5,8,13H,6H2,1-3H3,(H,20,22)/t8-,13+/m1/s1. The maximum Gasteiger partial charge on any atom is 0.329 e. The molecule has 0 radical (unpaired) electrons. The smallest absolute Gasteiger partial charge is 0.329 e. The van der Waals surface area contributed by atoms with Crippen molar-refractivity contribution in [2.75, 3.05) is 21.3 Å². The minimum atomic E-state index is -1.84. The van der Waals surface area contributed by atoms with Gasteiger partial charge in [-0.3, -0.25) is 14.4 Å². The molecule has 0 saturated heterocycles. The Balaban J connectivity index is 3.26. The van der Waals surface area contributed by atoms with Crippen LogP contribution in [0.3, 0.4) is 0 Å². The number of ether oxygens (including phenoxy) is 3. The Labute approximate surface area is 151 Å². The highest BCUT2D eigenvalue weighted by atomic mass is 19.1. The number of halogens is 3. The van der Waals surface area contributed by atoms with Gasteiger partial charge in [0.05, 0.1) is 33.7 Å². The van der Waals surface area contributed by atoms with Crippen molar-refractivity contribution in [3.63, 3.8) is 0 Å². The van der Waals surface area contributed by atoms with E-state index in [4.69, 9.17) is 0 Å². The largest absolute Gasteiger partial charge is 0.469 e. The van der Waals surface area contributed by atoms with Crippen molar-refractivity contribution >= 4 is 23.8 Å². The van der Waals surface area contributed by atoms with Gasteiger partial charge in [-0.2, -0.15) is 0 Å². The van der Waals surface area contributed by atoms with Gasteiger partial charge in [0, 0.05) is 12.1 Å². The number of hydrogen-bond donors (Lipinski definition) is 1. The van der Waals surface area contributed by atoms with Gasteiger partial charge in [-0.1, -0.05) is 0 Å². The molecule has 1 aromatic carbocycles. The molecular weight excluding hydrogens is 375 g/mol. The summed E-state index contributed by atoms with van der Waals surface area (Å²) in [7, 11) is 2.90. The van der Waals surface area contributed by atoms with Gasteiger partial charge in [-0.15, -0.1) is 0 Å². The molecule has 1 aromatic rings. The molecule has 27 heavy (non-hydrogen) atoms. The highest BCUT2D eigenvalue weighted by Crippen LogP contribution is 2.18. The molecule has 1 amide bonds. The molecule has 0 bridgehead atoms. The SMILES string of the molecule is COC(=O)C[C@@H](C(=O)OC)[C@H](NC(=O)c1c(F)cc(F)cc1F)C(=O)OC. The predicted octanol–water partition coefficient (Wildman–Crippen LogP) is 0.728. The summed E-state index contributed by atoms with van der Waals surface area (Å²) < 4.78 is 53.9. The number of carbonyl (C=O) groups is 4. The molecule has 11 heteroatoms. The quantitative estimate of drug-likeness (QED) is 0.539. The number of benzene rings is 1. The lowest BCUT2D eigenvalue weighted by molar-refractivity contribution is -0.158. The average molecular weight is 391 g/mol. The highest BCUT2D eigenvalue weighted by molar-refractivity contribution is 5.98. The Kier molecular flexibility index (Phi) is 7.76. The van der Waals surface area contributed by atoms with E-state index in [9.17, 15) is 32.3 Å². The molecule has 0 fully saturated rings. The van der Waals surface area contributed by atoms with Crippen molar-refractivity contribution in [2.24, 2.45) is 5.92 Å². The number of esters is 3. The first-order valence-electron chi connectivity index (χ1n) is 7.34. The summed E-state index contributed by atoms with van der Waals surface area (Å²) in [6, 6.07) is -1.31. The van der Waals surface area contributed by atoms with Gasteiger partial charge in [0.1, 0.15) is 29.1 Å². The van der Waals surface area contributed by atoms with Gasteiger partial charge in [-0.05, 0) is 0 Å². The molecular formula is C16H16F3NO7. The van der Waals surface area contributed by atoms with Gasteiger partial charge < -0.3 is 19.5 Å². The molecule has 1 rings (SSSR count). The zero-order chi connectivity index (χ0) is 20.7. The Morgan fingerprint density at radius 1 is 0.926 bits per heavy atom. The van der Waals surface area contributed by atoms with Crippen molar-refractivity contribution in [3.05, 3.63) is 35.1 Å². The molecule has 0 unspecified atom stereocenters. The lowest BCUT2D eigenvalue weighted by atomic mass is 9.95. The van der Waals surface area contributed by atoms with Crippen LogP contribution in [0.1, 0.15) is 16.8 Å². The third-order valence-corrected chi connectivity index (χ3v) is 3.50. The van der Waals surface area contributed by atoms with Crippen LogP contribution in [-0.4, -0.2) is 51.2 Å². The Bertz CT molecular complexity index is 731. The van der Waals surface area contributed by atoms with Crippen molar-refractivity contribution < 1.29 is 46.6 Å². The summed E-state index contributed by atoms with van der Waals surface area (Å²) >= 11 is 0.